The molecular weight excluding hydrogens is 421 g/mol. The van der Waals surface area contributed by atoms with E-state index in [1.54, 1.807) is 6.07 Å². The fraction of sp³-hybridized carbons (Fsp3) is 0.0909. The van der Waals surface area contributed by atoms with Crippen molar-refractivity contribution in [1.82, 2.24) is 9.97 Å². The molecule has 0 aliphatic carbocycles. The maximum Gasteiger partial charge on any atom is 0.573 e. The summed E-state index contributed by atoms with van der Waals surface area (Å²) in [6, 6.07) is 4.16. The van der Waals surface area contributed by atoms with E-state index in [2.05, 4.69) is 51.9 Å². The van der Waals surface area contributed by atoms with Gasteiger partial charge in [0.2, 0.25) is 0 Å². The van der Waals surface area contributed by atoms with Crippen molar-refractivity contribution in [3.05, 3.63) is 33.5 Å². The third-order valence-corrected chi connectivity index (χ3v) is 3.51. The van der Waals surface area contributed by atoms with E-state index in [-0.39, 0.29) is 17.3 Å². The van der Waals surface area contributed by atoms with E-state index in [0.29, 0.717) is 8.95 Å². The lowest BCUT2D eigenvalue weighted by Gasteiger charge is -2.15. The van der Waals surface area contributed by atoms with Crippen molar-refractivity contribution >= 4 is 49.2 Å². The van der Waals surface area contributed by atoms with Crippen LogP contribution in [0.3, 0.4) is 0 Å². The molecule has 0 spiro atoms. The first-order valence-electron chi connectivity index (χ1n) is 5.34. The maximum atomic E-state index is 12.4. The fourth-order valence-corrected chi connectivity index (χ4v) is 2.05. The molecule has 0 saturated heterocycles. The molecule has 5 nitrogen and oxygen atoms in total. The number of alkyl halides is 3. The molecule has 1 aromatic heterocycles. The molecule has 10 heteroatoms. The molecule has 112 valence electrons. The van der Waals surface area contributed by atoms with Crippen molar-refractivity contribution in [2.24, 2.45) is 0 Å². The minimum absolute atomic E-state index is 0.0781. The van der Waals surface area contributed by atoms with E-state index in [4.69, 9.17) is 5.73 Å². The molecule has 0 fully saturated rings. The topological polar surface area (TPSA) is 73.1 Å². The van der Waals surface area contributed by atoms with Gasteiger partial charge in [0.1, 0.15) is 22.4 Å². The normalized spacial score (nSPS) is 11.3. The SMILES string of the molecule is Nc1ncnc(Nc2ccc(Br)cc2OC(F)(F)F)c1Br. The van der Waals surface area contributed by atoms with E-state index >= 15 is 0 Å². The monoisotopic (exact) mass is 426 g/mol. The Bertz CT molecular complexity index is 666. The molecule has 0 aliphatic rings. The third-order valence-electron chi connectivity index (χ3n) is 2.24. The van der Waals surface area contributed by atoms with E-state index in [1.807, 2.05) is 0 Å². The predicted molar refractivity (Wildman–Crippen MR) is 78.3 cm³/mol. The summed E-state index contributed by atoms with van der Waals surface area (Å²) in [7, 11) is 0. The van der Waals surface area contributed by atoms with Crippen molar-refractivity contribution in [2.45, 2.75) is 6.36 Å². The lowest BCUT2D eigenvalue weighted by molar-refractivity contribution is -0.274. The molecule has 0 unspecified atom stereocenters. The van der Waals surface area contributed by atoms with Gasteiger partial charge in [0.25, 0.3) is 0 Å². The average Bonchev–Trinajstić information content (AvgIpc) is 2.36. The summed E-state index contributed by atoms with van der Waals surface area (Å²) in [5.41, 5.74) is 5.66. The van der Waals surface area contributed by atoms with Gasteiger partial charge < -0.3 is 15.8 Å². The Morgan fingerprint density at radius 2 is 1.90 bits per heavy atom. The van der Waals surface area contributed by atoms with Crippen LogP contribution in [-0.4, -0.2) is 16.3 Å². The number of nitrogens with one attached hydrogen (secondary N) is 1. The number of rotatable bonds is 3. The van der Waals surface area contributed by atoms with Gasteiger partial charge in [-0.05, 0) is 34.1 Å². The zero-order valence-corrected chi connectivity index (χ0v) is 13.3. The Labute approximate surface area is 134 Å². The second kappa shape index (κ2) is 6.06. The standard InChI is InChI=1S/C11H7Br2F3N4O/c12-5-1-2-6(7(3-5)21-11(14,15)16)20-10-8(13)9(17)18-4-19-10/h1-4H,(H3,17,18,19,20). The van der Waals surface area contributed by atoms with Crippen LogP contribution in [0.5, 0.6) is 5.75 Å². The molecule has 0 atom stereocenters. The van der Waals surface area contributed by atoms with Gasteiger partial charge in [-0.15, -0.1) is 13.2 Å². The number of aromatic nitrogens is 2. The van der Waals surface area contributed by atoms with Crippen LogP contribution >= 0.6 is 31.9 Å². The number of benzene rings is 1. The van der Waals surface area contributed by atoms with Crippen molar-refractivity contribution in [2.75, 3.05) is 11.1 Å². The summed E-state index contributed by atoms with van der Waals surface area (Å²) in [6.45, 7) is 0. The van der Waals surface area contributed by atoms with Gasteiger partial charge in [0, 0.05) is 4.47 Å². The van der Waals surface area contributed by atoms with Crippen molar-refractivity contribution < 1.29 is 17.9 Å². The molecule has 0 saturated carbocycles. The second-order valence-electron chi connectivity index (χ2n) is 3.73. The van der Waals surface area contributed by atoms with Gasteiger partial charge in [-0.2, -0.15) is 0 Å². The zero-order valence-electron chi connectivity index (χ0n) is 10.1. The summed E-state index contributed by atoms with van der Waals surface area (Å²) in [6.07, 6.45) is -3.62. The van der Waals surface area contributed by atoms with E-state index in [1.165, 1.54) is 18.5 Å². The van der Waals surface area contributed by atoms with Crippen LogP contribution in [-0.2, 0) is 0 Å². The molecule has 1 heterocycles. The van der Waals surface area contributed by atoms with E-state index in [0.717, 1.165) is 0 Å². The summed E-state index contributed by atoms with van der Waals surface area (Å²) in [5, 5.41) is 2.71. The number of hydrogen-bond donors (Lipinski definition) is 2. The molecule has 0 aliphatic heterocycles. The Balaban J connectivity index is 2.37. The quantitative estimate of drug-likeness (QED) is 0.766. The highest BCUT2D eigenvalue weighted by molar-refractivity contribution is 9.11. The largest absolute Gasteiger partial charge is 0.573 e. The Kier molecular flexibility index (Phi) is 4.57. The predicted octanol–water partition coefficient (Wildman–Crippen LogP) is 4.23. The van der Waals surface area contributed by atoms with Gasteiger partial charge in [0.15, 0.2) is 5.75 Å². The van der Waals surface area contributed by atoms with Gasteiger partial charge >= 0.3 is 6.36 Å². The van der Waals surface area contributed by atoms with Crippen LogP contribution in [0.4, 0.5) is 30.5 Å². The van der Waals surface area contributed by atoms with Crippen LogP contribution in [0.1, 0.15) is 0 Å². The molecular formula is C11H7Br2F3N4O. The fourth-order valence-electron chi connectivity index (χ4n) is 1.41. The Morgan fingerprint density at radius 1 is 1.19 bits per heavy atom. The smallest absolute Gasteiger partial charge is 0.404 e. The molecule has 2 rings (SSSR count). The highest BCUT2D eigenvalue weighted by Crippen LogP contribution is 2.36. The Morgan fingerprint density at radius 3 is 2.57 bits per heavy atom. The first-order chi connectivity index (χ1) is 9.76. The third kappa shape index (κ3) is 4.21. The Hall–Kier alpha value is -1.55. The molecule has 0 amide bonds. The summed E-state index contributed by atoms with van der Waals surface area (Å²) in [4.78, 5) is 7.63. The number of halogens is 5. The number of nitrogen functional groups attached to an aromatic ring is 1. The molecule has 0 radical (unpaired) electrons. The molecule has 0 bridgehead atoms. The van der Waals surface area contributed by atoms with Crippen LogP contribution in [0.25, 0.3) is 0 Å². The first kappa shape index (κ1) is 15.8. The number of hydrogen-bond acceptors (Lipinski definition) is 5. The summed E-state index contributed by atoms with van der Waals surface area (Å²) >= 11 is 6.24. The highest BCUT2D eigenvalue weighted by atomic mass is 79.9. The lowest BCUT2D eigenvalue weighted by Crippen LogP contribution is -2.18. The minimum atomic E-state index is -4.81. The van der Waals surface area contributed by atoms with E-state index < -0.39 is 12.1 Å². The van der Waals surface area contributed by atoms with E-state index in [9.17, 15) is 13.2 Å². The minimum Gasteiger partial charge on any atom is -0.404 e. The number of nitrogens with two attached hydrogens (primary N) is 1. The number of nitrogens with zero attached hydrogens (tertiary/aromatic N) is 2. The molecule has 2 aromatic rings. The number of ether oxygens (including phenoxy) is 1. The first-order valence-corrected chi connectivity index (χ1v) is 6.93. The molecule has 21 heavy (non-hydrogen) atoms. The average molecular weight is 428 g/mol. The highest BCUT2D eigenvalue weighted by Gasteiger charge is 2.32. The zero-order chi connectivity index (χ0) is 15.6. The van der Waals surface area contributed by atoms with Crippen LogP contribution in [0.2, 0.25) is 0 Å². The van der Waals surface area contributed by atoms with Crippen molar-refractivity contribution in [3.8, 4) is 5.75 Å². The number of anilines is 3. The van der Waals surface area contributed by atoms with Gasteiger partial charge in [-0.1, -0.05) is 15.9 Å². The van der Waals surface area contributed by atoms with Crippen molar-refractivity contribution in [1.29, 1.82) is 0 Å². The summed E-state index contributed by atoms with van der Waals surface area (Å²) < 4.78 is 42.0. The van der Waals surface area contributed by atoms with Crippen LogP contribution in [0.15, 0.2) is 33.5 Å². The van der Waals surface area contributed by atoms with Crippen LogP contribution in [0, 0.1) is 0 Å². The molecule has 1 aromatic carbocycles. The second-order valence-corrected chi connectivity index (χ2v) is 5.44. The molecule has 3 N–H and O–H groups in total. The lowest BCUT2D eigenvalue weighted by atomic mass is 10.3. The van der Waals surface area contributed by atoms with Gasteiger partial charge in [-0.3, -0.25) is 0 Å². The van der Waals surface area contributed by atoms with Crippen molar-refractivity contribution in [3.63, 3.8) is 0 Å². The summed E-state index contributed by atoms with van der Waals surface area (Å²) in [5.74, 6) is -0.0271. The van der Waals surface area contributed by atoms with Gasteiger partial charge in [-0.25, -0.2) is 9.97 Å². The van der Waals surface area contributed by atoms with Crippen LogP contribution < -0.4 is 15.8 Å². The van der Waals surface area contributed by atoms with Gasteiger partial charge in [0.05, 0.1) is 5.69 Å². The maximum absolute atomic E-state index is 12.4.